The lowest BCUT2D eigenvalue weighted by atomic mass is 9.97. The first-order chi connectivity index (χ1) is 12.8. The molecule has 0 aliphatic carbocycles. The van der Waals surface area contributed by atoms with Gasteiger partial charge in [0, 0.05) is 11.4 Å². The smallest absolute Gasteiger partial charge is 0.375 e. The van der Waals surface area contributed by atoms with Crippen LogP contribution in [-0.4, -0.2) is 36.5 Å². The molecular weight excluding hydrogens is 372 g/mol. The third kappa shape index (κ3) is 4.51. The summed E-state index contributed by atoms with van der Waals surface area (Å²) in [5, 5.41) is 0.559. The minimum Gasteiger partial charge on any atom is -0.449 e. The van der Waals surface area contributed by atoms with Gasteiger partial charge in [-0.05, 0) is 38.0 Å². The number of unbranched alkanes of at least 4 members (excludes halogenated alkanes) is 1. The van der Waals surface area contributed by atoms with E-state index in [1.807, 2.05) is 6.92 Å². The Kier molecular flexibility index (Phi) is 5.89. The molecule has 0 spiro atoms. The van der Waals surface area contributed by atoms with Gasteiger partial charge in [0.1, 0.15) is 6.10 Å². The van der Waals surface area contributed by atoms with Gasteiger partial charge in [0.2, 0.25) is 5.76 Å². The Labute approximate surface area is 163 Å². The Balaban J connectivity index is 1.95. The molecule has 3 rings (SSSR count). The number of esters is 2. The fourth-order valence-electron chi connectivity index (χ4n) is 3.10. The van der Waals surface area contributed by atoms with Crippen LogP contribution in [-0.2, 0) is 28.5 Å². The topological polar surface area (TPSA) is 71.1 Å². The van der Waals surface area contributed by atoms with Gasteiger partial charge in [-0.2, -0.15) is 0 Å². The maximum absolute atomic E-state index is 12.5. The van der Waals surface area contributed by atoms with Gasteiger partial charge in [0.05, 0.1) is 12.2 Å². The first-order valence-corrected chi connectivity index (χ1v) is 9.42. The normalized spacial score (nSPS) is 24.2. The highest BCUT2D eigenvalue weighted by Crippen LogP contribution is 2.39. The highest BCUT2D eigenvalue weighted by Gasteiger charge is 2.47. The van der Waals surface area contributed by atoms with E-state index >= 15 is 0 Å². The van der Waals surface area contributed by atoms with Crippen LogP contribution in [0.5, 0.6) is 0 Å². The molecule has 2 heterocycles. The van der Waals surface area contributed by atoms with Gasteiger partial charge in [-0.25, -0.2) is 4.79 Å². The molecule has 0 N–H and O–H groups in total. The lowest BCUT2D eigenvalue weighted by Crippen LogP contribution is -2.32. The number of halogens is 1. The SMILES string of the molecule is CCCCC(=O)OC1=C(c2ccc(Cl)cc2)[C@@H]([C@@H]2COC(C)(C)O2)OC1=O. The van der Waals surface area contributed by atoms with Gasteiger partial charge in [0.25, 0.3) is 0 Å². The first kappa shape index (κ1) is 19.9. The van der Waals surface area contributed by atoms with Gasteiger partial charge in [-0.15, -0.1) is 0 Å². The summed E-state index contributed by atoms with van der Waals surface area (Å²) in [6.45, 7) is 5.83. The highest BCUT2D eigenvalue weighted by atomic mass is 35.5. The average molecular weight is 395 g/mol. The summed E-state index contributed by atoms with van der Waals surface area (Å²) in [5.41, 5.74) is 1.16. The van der Waals surface area contributed by atoms with E-state index in [-0.39, 0.29) is 18.8 Å². The molecule has 0 unspecified atom stereocenters. The Bertz CT molecular complexity index is 752. The van der Waals surface area contributed by atoms with Crippen molar-refractivity contribution < 1.29 is 28.5 Å². The van der Waals surface area contributed by atoms with E-state index in [0.717, 1.165) is 6.42 Å². The van der Waals surface area contributed by atoms with Crippen molar-refractivity contribution in [2.24, 2.45) is 0 Å². The molecule has 1 aromatic carbocycles. The van der Waals surface area contributed by atoms with E-state index in [4.69, 9.17) is 30.5 Å². The van der Waals surface area contributed by atoms with Crippen LogP contribution in [0.25, 0.3) is 5.57 Å². The number of hydrogen-bond donors (Lipinski definition) is 0. The van der Waals surface area contributed by atoms with Gasteiger partial charge in [0.15, 0.2) is 11.9 Å². The molecule has 2 aliphatic rings. The van der Waals surface area contributed by atoms with E-state index in [2.05, 4.69) is 0 Å². The maximum atomic E-state index is 12.5. The number of benzene rings is 1. The Morgan fingerprint density at radius 3 is 2.59 bits per heavy atom. The zero-order chi connectivity index (χ0) is 19.6. The minimum atomic E-state index is -0.775. The second kappa shape index (κ2) is 8.00. The fourth-order valence-corrected chi connectivity index (χ4v) is 3.23. The van der Waals surface area contributed by atoms with Crippen LogP contribution in [0.3, 0.4) is 0 Å². The first-order valence-electron chi connectivity index (χ1n) is 9.04. The monoisotopic (exact) mass is 394 g/mol. The molecule has 7 heteroatoms. The maximum Gasteiger partial charge on any atom is 0.375 e. The molecule has 0 amide bonds. The lowest BCUT2D eigenvalue weighted by Gasteiger charge is -2.22. The quantitative estimate of drug-likeness (QED) is 0.682. The zero-order valence-corrected chi connectivity index (χ0v) is 16.4. The van der Waals surface area contributed by atoms with Crippen molar-refractivity contribution in [3.8, 4) is 0 Å². The summed E-state index contributed by atoms with van der Waals surface area (Å²) >= 11 is 5.98. The number of carbonyl (C=O) groups is 2. The van der Waals surface area contributed by atoms with Crippen molar-refractivity contribution in [1.29, 1.82) is 0 Å². The van der Waals surface area contributed by atoms with Crippen molar-refractivity contribution in [2.75, 3.05) is 6.61 Å². The highest BCUT2D eigenvalue weighted by molar-refractivity contribution is 6.30. The van der Waals surface area contributed by atoms with Crippen molar-refractivity contribution >= 4 is 29.1 Å². The van der Waals surface area contributed by atoms with Gasteiger partial charge < -0.3 is 18.9 Å². The van der Waals surface area contributed by atoms with Crippen LogP contribution in [0.15, 0.2) is 30.0 Å². The second-order valence-corrected chi connectivity index (χ2v) is 7.46. The van der Waals surface area contributed by atoms with Crippen molar-refractivity contribution in [3.63, 3.8) is 0 Å². The van der Waals surface area contributed by atoms with Crippen LogP contribution in [0, 0.1) is 0 Å². The fraction of sp³-hybridized carbons (Fsp3) is 0.500. The van der Waals surface area contributed by atoms with Gasteiger partial charge in [-0.1, -0.05) is 37.1 Å². The molecule has 0 bridgehead atoms. The number of cyclic esters (lactones) is 1. The molecule has 1 aromatic rings. The van der Waals surface area contributed by atoms with Crippen LogP contribution in [0.4, 0.5) is 0 Å². The molecule has 1 saturated heterocycles. The summed E-state index contributed by atoms with van der Waals surface area (Å²) < 4.78 is 22.4. The summed E-state index contributed by atoms with van der Waals surface area (Å²) in [4.78, 5) is 24.6. The molecule has 6 nitrogen and oxygen atoms in total. The third-order valence-corrected chi connectivity index (χ3v) is 4.67. The predicted octanol–water partition coefficient (Wildman–Crippen LogP) is 3.86. The number of rotatable bonds is 6. The number of carbonyl (C=O) groups excluding carboxylic acids is 2. The van der Waals surface area contributed by atoms with E-state index in [1.165, 1.54) is 0 Å². The van der Waals surface area contributed by atoms with Crippen molar-refractivity contribution in [2.45, 2.75) is 58.0 Å². The molecule has 27 heavy (non-hydrogen) atoms. The molecule has 2 aliphatic heterocycles. The summed E-state index contributed by atoms with van der Waals surface area (Å²) in [6, 6.07) is 6.92. The third-order valence-electron chi connectivity index (χ3n) is 4.42. The summed E-state index contributed by atoms with van der Waals surface area (Å²) in [5.74, 6) is -2.00. The van der Waals surface area contributed by atoms with Crippen molar-refractivity contribution in [3.05, 3.63) is 40.6 Å². The Morgan fingerprint density at radius 1 is 1.30 bits per heavy atom. The summed E-state index contributed by atoms with van der Waals surface area (Å²) in [7, 11) is 0. The number of ether oxygens (including phenoxy) is 4. The van der Waals surface area contributed by atoms with Crippen LogP contribution < -0.4 is 0 Å². The van der Waals surface area contributed by atoms with E-state index < -0.39 is 29.9 Å². The predicted molar refractivity (Wildman–Crippen MR) is 98.8 cm³/mol. The summed E-state index contributed by atoms with van der Waals surface area (Å²) in [6.07, 6.45) is 0.556. The van der Waals surface area contributed by atoms with E-state index in [0.29, 0.717) is 22.6 Å². The van der Waals surface area contributed by atoms with Crippen LogP contribution >= 0.6 is 11.6 Å². The Morgan fingerprint density at radius 2 is 2.00 bits per heavy atom. The number of hydrogen-bond acceptors (Lipinski definition) is 6. The zero-order valence-electron chi connectivity index (χ0n) is 15.6. The van der Waals surface area contributed by atoms with E-state index in [9.17, 15) is 9.59 Å². The van der Waals surface area contributed by atoms with Crippen LogP contribution in [0.2, 0.25) is 5.02 Å². The molecule has 0 aromatic heterocycles. The second-order valence-electron chi connectivity index (χ2n) is 7.02. The minimum absolute atomic E-state index is 0.0864. The standard InChI is InChI=1S/C20H23ClO6/c1-4-5-6-15(22)25-18-16(12-7-9-13(21)10-8-12)17(26-19(18)23)14-11-24-20(2,3)27-14/h7-10,14,17H,4-6,11H2,1-3H3/t14-,17+/m0/s1. The average Bonchev–Trinajstić information content (AvgIpc) is 3.14. The molecule has 2 atom stereocenters. The molecule has 1 fully saturated rings. The van der Waals surface area contributed by atoms with Gasteiger partial charge in [-0.3, -0.25) is 4.79 Å². The molecule has 146 valence electrons. The lowest BCUT2D eigenvalue weighted by molar-refractivity contribution is -0.162. The van der Waals surface area contributed by atoms with Crippen molar-refractivity contribution in [1.82, 2.24) is 0 Å². The molecular formula is C20H23ClO6. The van der Waals surface area contributed by atoms with E-state index in [1.54, 1.807) is 38.1 Å². The van der Waals surface area contributed by atoms with Crippen LogP contribution in [0.1, 0.15) is 45.6 Å². The Hall–Kier alpha value is -1.89. The largest absolute Gasteiger partial charge is 0.449 e. The molecule has 0 saturated carbocycles. The molecule has 0 radical (unpaired) electrons. The van der Waals surface area contributed by atoms with Gasteiger partial charge >= 0.3 is 11.9 Å².